The van der Waals surface area contributed by atoms with Gasteiger partial charge in [0.15, 0.2) is 0 Å². The van der Waals surface area contributed by atoms with Gasteiger partial charge in [0.2, 0.25) is 0 Å². The smallest absolute Gasteiger partial charge is 0.131 e. The highest BCUT2D eigenvalue weighted by Crippen LogP contribution is 2.45. The maximum atomic E-state index is 4.64. The summed E-state index contributed by atoms with van der Waals surface area (Å²) in [5.74, 6) is 1.34. The lowest BCUT2D eigenvalue weighted by Crippen LogP contribution is -2.42. The van der Waals surface area contributed by atoms with Crippen LogP contribution in [0.1, 0.15) is 56.2 Å². The first kappa shape index (κ1) is 14.9. The van der Waals surface area contributed by atoms with Crippen LogP contribution in [0.2, 0.25) is 0 Å². The van der Waals surface area contributed by atoms with E-state index in [4.69, 9.17) is 0 Å². The molecule has 0 amide bonds. The predicted molar refractivity (Wildman–Crippen MR) is 87.7 cm³/mol. The Hall–Kier alpha value is -1.03. The topological polar surface area (TPSA) is 33.1 Å². The summed E-state index contributed by atoms with van der Waals surface area (Å²) in [6.07, 6.45) is 10.0. The molecule has 0 bridgehead atoms. The minimum absolute atomic E-state index is 0.672. The number of aromatic nitrogens is 2. The third kappa shape index (κ3) is 2.83. The normalized spacial score (nSPS) is 22.0. The molecule has 1 aliphatic carbocycles. The van der Waals surface area contributed by atoms with Crippen LogP contribution >= 0.6 is 0 Å². The molecule has 21 heavy (non-hydrogen) atoms. The number of nitrogens with zero attached hydrogens (tertiary/aromatic N) is 3. The summed E-state index contributed by atoms with van der Waals surface area (Å²) >= 11 is 0. The van der Waals surface area contributed by atoms with Gasteiger partial charge in [0, 0.05) is 32.2 Å². The molecule has 1 aromatic rings. The van der Waals surface area contributed by atoms with E-state index in [1.165, 1.54) is 75.1 Å². The average Bonchev–Trinajstić information content (AvgIpc) is 2.76. The van der Waals surface area contributed by atoms with E-state index in [1.807, 2.05) is 7.05 Å². The van der Waals surface area contributed by atoms with Gasteiger partial charge in [-0.3, -0.25) is 4.68 Å². The fraction of sp³-hybridized carbons (Fsp3) is 0.824. The minimum Gasteiger partial charge on any atom is -0.357 e. The molecule has 0 radical (unpaired) electrons. The zero-order valence-corrected chi connectivity index (χ0v) is 13.9. The second-order valence-electron chi connectivity index (χ2n) is 7.09. The molecule has 1 saturated carbocycles. The lowest BCUT2D eigenvalue weighted by atomic mass is 9.68. The van der Waals surface area contributed by atoms with E-state index < -0.39 is 0 Å². The molecule has 1 N–H and O–H groups in total. The third-order valence-corrected chi connectivity index (χ3v) is 5.70. The molecule has 0 aromatic carbocycles. The van der Waals surface area contributed by atoms with E-state index >= 15 is 0 Å². The SMILES string of the molecule is CNCc1c(C)nn(C)c1N1CCC2(CCCCC2)CC1. The van der Waals surface area contributed by atoms with Crippen LogP contribution in [0.25, 0.3) is 0 Å². The molecule has 4 heteroatoms. The quantitative estimate of drug-likeness (QED) is 0.929. The Morgan fingerprint density at radius 2 is 1.76 bits per heavy atom. The van der Waals surface area contributed by atoms with Gasteiger partial charge in [0.25, 0.3) is 0 Å². The van der Waals surface area contributed by atoms with Crippen LogP contribution in [0, 0.1) is 12.3 Å². The van der Waals surface area contributed by atoms with Crippen molar-refractivity contribution >= 4 is 5.82 Å². The van der Waals surface area contributed by atoms with Crippen molar-refractivity contribution in [1.82, 2.24) is 15.1 Å². The van der Waals surface area contributed by atoms with Crippen molar-refractivity contribution in [3.63, 3.8) is 0 Å². The van der Waals surface area contributed by atoms with Gasteiger partial charge in [0.1, 0.15) is 5.82 Å². The van der Waals surface area contributed by atoms with Gasteiger partial charge in [-0.15, -0.1) is 0 Å². The van der Waals surface area contributed by atoms with Crippen molar-refractivity contribution in [1.29, 1.82) is 0 Å². The van der Waals surface area contributed by atoms with Crippen molar-refractivity contribution in [3.8, 4) is 0 Å². The number of rotatable bonds is 3. The Morgan fingerprint density at radius 3 is 2.38 bits per heavy atom. The summed E-state index contributed by atoms with van der Waals surface area (Å²) in [5, 5.41) is 7.94. The summed E-state index contributed by atoms with van der Waals surface area (Å²) in [7, 11) is 4.11. The highest BCUT2D eigenvalue weighted by Gasteiger charge is 2.36. The van der Waals surface area contributed by atoms with Gasteiger partial charge in [0.05, 0.1) is 5.69 Å². The van der Waals surface area contributed by atoms with E-state index in [0.29, 0.717) is 5.41 Å². The number of nitrogens with one attached hydrogen (secondary N) is 1. The summed E-state index contributed by atoms with van der Waals surface area (Å²) in [6.45, 7) is 5.45. The van der Waals surface area contributed by atoms with E-state index in [-0.39, 0.29) is 0 Å². The fourth-order valence-electron chi connectivity index (χ4n) is 4.46. The Kier molecular flexibility index (Phi) is 4.25. The molecule has 2 aliphatic rings. The Morgan fingerprint density at radius 1 is 1.10 bits per heavy atom. The fourth-order valence-corrected chi connectivity index (χ4v) is 4.46. The van der Waals surface area contributed by atoms with Gasteiger partial charge >= 0.3 is 0 Å². The van der Waals surface area contributed by atoms with Crippen LogP contribution in [0.3, 0.4) is 0 Å². The maximum absolute atomic E-state index is 4.64. The van der Waals surface area contributed by atoms with Crippen molar-refractivity contribution in [2.75, 3.05) is 25.0 Å². The molecule has 2 fully saturated rings. The molecule has 3 rings (SSSR count). The molecule has 0 atom stereocenters. The van der Waals surface area contributed by atoms with Crippen molar-refractivity contribution < 1.29 is 0 Å². The first-order chi connectivity index (χ1) is 10.2. The molecular weight excluding hydrogens is 260 g/mol. The van der Waals surface area contributed by atoms with E-state index in [9.17, 15) is 0 Å². The summed E-state index contributed by atoms with van der Waals surface area (Å²) in [4.78, 5) is 2.58. The first-order valence-corrected chi connectivity index (χ1v) is 8.57. The van der Waals surface area contributed by atoms with Crippen LogP contribution < -0.4 is 10.2 Å². The summed E-state index contributed by atoms with van der Waals surface area (Å²) < 4.78 is 2.08. The summed E-state index contributed by atoms with van der Waals surface area (Å²) in [5.41, 5.74) is 3.21. The van der Waals surface area contributed by atoms with Gasteiger partial charge in [-0.2, -0.15) is 5.10 Å². The van der Waals surface area contributed by atoms with Crippen LogP contribution in [-0.2, 0) is 13.6 Å². The Balaban J connectivity index is 1.74. The molecule has 1 aliphatic heterocycles. The maximum Gasteiger partial charge on any atom is 0.131 e. The molecule has 1 spiro atoms. The van der Waals surface area contributed by atoms with Crippen LogP contribution in [0.4, 0.5) is 5.82 Å². The predicted octanol–water partition coefficient (Wildman–Crippen LogP) is 3.00. The minimum atomic E-state index is 0.672. The molecule has 0 unspecified atom stereocenters. The second-order valence-corrected chi connectivity index (χ2v) is 7.09. The highest BCUT2D eigenvalue weighted by molar-refractivity contribution is 5.50. The van der Waals surface area contributed by atoms with Gasteiger partial charge in [-0.05, 0) is 45.1 Å². The van der Waals surface area contributed by atoms with Crippen LogP contribution in [0.5, 0.6) is 0 Å². The number of anilines is 1. The third-order valence-electron chi connectivity index (χ3n) is 5.70. The molecule has 1 saturated heterocycles. The average molecular weight is 290 g/mol. The van der Waals surface area contributed by atoms with E-state index in [0.717, 1.165) is 6.54 Å². The number of aryl methyl sites for hydroxylation is 2. The highest BCUT2D eigenvalue weighted by atomic mass is 15.4. The largest absolute Gasteiger partial charge is 0.357 e. The molecule has 1 aromatic heterocycles. The van der Waals surface area contributed by atoms with Gasteiger partial charge in [-0.25, -0.2) is 0 Å². The Labute approximate surface area is 128 Å². The van der Waals surface area contributed by atoms with Gasteiger partial charge in [-0.1, -0.05) is 19.3 Å². The molecule has 118 valence electrons. The lowest BCUT2D eigenvalue weighted by Gasteiger charge is -2.45. The number of piperidine rings is 1. The summed E-state index contributed by atoms with van der Waals surface area (Å²) in [6, 6.07) is 0. The zero-order chi connectivity index (χ0) is 14.9. The van der Waals surface area contributed by atoms with Gasteiger partial charge < -0.3 is 10.2 Å². The molecule has 4 nitrogen and oxygen atoms in total. The standard InChI is InChI=1S/C17H30N4/c1-14-15(13-18-2)16(20(3)19-14)21-11-9-17(10-12-21)7-5-4-6-8-17/h18H,4-13H2,1-3H3. The second kappa shape index (κ2) is 5.99. The van der Waals surface area contributed by atoms with E-state index in [2.05, 4.69) is 34.0 Å². The number of hydrogen-bond donors (Lipinski definition) is 1. The van der Waals surface area contributed by atoms with Crippen molar-refractivity contribution in [3.05, 3.63) is 11.3 Å². The Bertz CT molecular complexity index is 475. The lowest BCUT2D eigenvalue weighted by molar-refractivity contribution is 0.143. The zero-order valence-electron chi connectivity index (χ0n) is 13.9. The number of hydrogen-bond acceptors (Lipinski definition) is 3. The first-order valence-electron chi connectivity index (χ1n) is 8.57. The molecule has 2 heterocycles. The van der Waals surface area contributed by atoms with Crippen molar-refractivity contribution in [2.45, 2.75) is 58.4 Å². The van der Waals surface area contributed by atoms with Crippen LogP contribution in [-0.4, -0.2) is 29.9 Å². The van der Waals surface area contributed by atoms with Crippen molar-refractivity contribution in [2.24, 2.45) is 12.5 Å². The van der Waals surface area contributed by atoms with E-state index in [1.54, 1.807) is 0 Å². The molecular formula is C17H30N4. The monoisotopic (exact) mass is 290 g/mol. The van der Waals surface area contributed by atoms with Crippen LogP contribution in [0.15, 0.2) is 0 Å².